The van der Waals surface area contributed by atoms with E-state index in [-0.39, 0.29) is 24.3 Å². The minimum absolute atomic E-state index is 0.0578. The summed E-state index contributed by atoms with van der Waals surface area (Å²) in [6.45, 7) is 10.6. The van der Waals surface area contributed by atoms with Gasteiger partial charge in [-0.05, 0) is 37.0 Å². The van der Waals surface area contributed by atoms with Gasteiger partial charge in [-0.25, -0.2) is 0 Å². The second-order valence-corrected chi connectivity index (χ2v) is 8.97. The quantitative estimate of drug-likeness (QED) is 0.341. The predicted octanol–water partition coefficient (Wildman–Crippen LogP) is 1.18. The Morgan fingerprint density at radius 3 is 2.41 bits per heavy atom. The number of amides is 4. The molecule has 34 heavy (non-hydrogen) atoms. The van der Waals surface area contributed by atoms with Gasteiger partial charge in [-0.3, -0.25) is 24.0 Å². The third-order valence-corrected chi connectivity index (χ3v) is 4.96. The number of carbonyl (C=O) groups is 5. The lowest BCUT2D eigenvalue weighted by atomic mass is 9.85. The molecule has 1 aromatic carbocycles. The Morgan fingerprint density at radius 1 is 1.15 bits per heavy atom. The van der Waals surface area contributed by atoms with Gasteiger partial charge in [0.05, 0.1) is 6.42 Å². The van der Waals surface area contributed by atoms with Crippen LogP contribution in [-0.4, -0.2) is 54.6 Å². The number of nitrogens with one attached hydrogen (secondary N) is 4. The van der Waals surface area contributed by atoms with Crippen molar-refractivity contribution in [2.24, 2.45) is 0 Å². The molecule has 4 amide bonds. The number of benzene rings is 1. The van der Waals surface area contributed by atoms with E-state index in [9.17, 15) is 24.0 Å². The lowest BCUT2D eigenvalue weighted by Gasteiger charge is -2.24. The summed E-state index contributed by atoms with van der Waals surface area (Å²) in [6, 6.07) is 3.27. The summed E-state index contributed by atoms with van der Waals surface area (Å²) in [4.78, 5) is 60.4. The summed E-state index contributed by atoms with van der Waals surface area (Å²) < 4.78 is 10.3. The average molecular weight is 477 g/mol. The standard InChI is InChI=1S/C23H32N4O7/c1-7-33-22-17(11-18(29)34-22)27-19(30)12(2)24-20(31)21(32)26-16-10-14(25-13(3)28)8-9-15(16)23(4,5)6/h8-10,12,17,22H,7,11H2,1-6H3,(H,24,31)(H,25,28)(H,26,32)(H,27,30)/t12-,17-,22-/m0/s1. The molecule has 11 heteroatoms. The molecule has 2 rings (SSSR count). The van der Waals surface area contributed by atoms with Crippen molar-refractivity contribution < 1.29 is 33.4 Å². The van der Waals surface area contributed by atoms with E-state index in [0.717, 1.165) is 5.56 Å². The van der Waals surface area contributed by atoms with Crippen molar-refractivity contribution in [1.82, 2.24) is 10.6 Å². The van der Waals surface area contributed by atoms with E-state index in [1.165, 1.54) is 13.8 Å². The first-order valence-electron chi connectivity index (χ1n) is 11.0. The van der Waals surface area contributed by atoms with Crippen molar-refractivity contribution in [3.8, 4) is 0 Å². The maximum Gasteiger partial charge on any atom is 0.313 e. The van der Waals surface area contributed by atoms with Crippen LogP contribution in [0.5, 0.6) is 0 Å². The monoisotopic (exact) mass is 476 g/mol. The number of anilines is 2. The van der Waals surface area contributed by atoms with Gasteiger partial charge in [0.1, 0.15) is 12.1 Å². The van der Waals surface area contributed by atoms with Crippen LogP contribution in [0.4, 0.5) is 11.4 Å². The van der Waals surface area contributed by atoms with Crippen molar-refractivity contribution >= 4 is 41.0 Å². The molecule has 1 saturated heterocycles. The van der Waals surface area contributed by atoms with Gasteiger partial charge < -0.3 is 30.7 Å². The van der Waals surface area contributed by atoms with Crippen molar-refractivity contribution in [2.45, 2.75) is 71.8 Å². The molecular weight excluding hydrogens is 444 g/mol. The van der Waals surface area contributed by atoms with Gasteiger partial charge in [-0.15, -0.1) is 0 Å². The molecule has 0 spiro atoms. The minimum atomic E-state index is -1.07. The normalized spacial score (nSPS) is 18.5. The van der Waals surface area contributed by atoms with Crippen LogP contribution in [0.3, 0.4) is 0 Å². The molecule has 1 fully saturated rings. The van der Waals surface area contributed by atoms with E-state index in [1.807, 2.05) is 20.8 Å². The average Bonchev–Trinajstić information content (AvgIpc) is 3.05. The largest absolute Gasteiger partial charge is 0.433 e. The zero-order valence-corrected chi connectivity index (χ0v) is 20.2. The van der Waals surface area contributed by atoms with Crippen LogP contribution in [0.2, 0.25) is 0 Å². The maximum absolute atomic E-state index is 12.6. The first-order valence-corrected chi connectivity index (χ1v) is 11.0. The van der Waals surface area contributed by atoms with E-state index in [0.29, 0.717) is 11.4 Å². The molecule has 0 unspecified atom stereocenters. The van der Waals surface area contributed by atoms with Crippen molar-refractivity contribution in [2.75, 3.05) is 17.2 Å². The molecule has 1 heterocycles. The van der Waals surface area contributed by atoms with Gasteiger partial charge in [-0.2, -0.15) is 0 Å². The molecule has 4 N–H and O–H groups in total. The molecule has 1 aliphatic rings. The van der Waals surface area contributed by atoms with Gasteiger partial charge in [0.2, 0.25) is 18.1 Å². The lowest BCUT2D eigenvalue weighted by molar-refractivity contribution is -0.164. The van der Waals surface area contributed by atoms with Gasteiger partial charge >= 0.3 is 17.8 Å². The highest BCUT2D eigenvalue weighted by molar-refractivity contribution is 6.40. The molecule has 1 aromatic rings. The molecule has 0 saturated carbocycles. The first kappa shape index (κ1) is 26.8. The van der Waals surface area contributed by atoms with Crippen LogP contribution < -0.4 is 21.3 Å². The molecule has 186 valence electrons. The van der Waals surface area contributed by atoms with Crippen molar-refractivity contribution in [1.29, 1.82) is 0 Å². The van der Waals surface area contributed by atoms with E-state index in [1.54, 1.807) is 25.1 Å². The van der Waals surface area contributed by atoms with Gasteiger partial charge in [0.15, 0.2) is 0 Å². The van der Waals surface area contributed by atoms with E-state index < -0.39 is 42.1 Å². The number of hydrogen-bond donors (Lipinski definition) is 4. The highest BCUT2D eigenvalue weighted by atomic mass is 16.7. The van der Waals surface area contributed by atoms with Crippen LogP contribution in [0, 0.1) is 0 Å². The Balaban J connectivity index is 2.05. The van der Waals surface area contributed by atoms with E-state index in [4.69, 9.17) is 9.47 Å². The second-order valence-electron chi connectivity index (χ2n) is 8.97. The fourth-order valence-electron chi connectivity index (χ4n) is 3.37. The Bertz CT molecular complexity index is 971. The molecule has 0 aliphatic carbocycles. The van der Waals surface area contributed by atoms with Crippen LogP contribution >= 0.6 is 0 Å². The third kappa shape index (κ3) is 7.27. The highest BCUT2D eigenvalue weighted by Crippen LogP contribution is 2.32. The van der Waals surface area contributed by atoms with Crippen LogP contribution in [0.25, 0.3) is 0 Å². The molecule has 0 aromatic heterocycles. The molecule has 0 radical (unpaired) electrons. The fourth-order valence-corrected chi connectivity index (χ4v) is 3.37. The van der Waals surface area contributed by atoms with Crippen LogP contribution in [0.15, 0.2) is 18.2 Å². The Morgan fingerprint density at radius 2 is 1.82 bits per heavy atom. The summed E-state index contributed by atoms with van der Waals surface area (Å²) >= 11 is 0. The van der Waals surface area contributed by atoms with Crippen molar-refractivity contribution in [3.63, 3.8) is 0 Å². The van der Waals surface area contributed by atoms with Gasteiger partial charge in [0, 0.05) is 24.9 Å². The minimum Gasteiger partial charge on any atom is -0.433 e. The molecular formula is C23H32N4O7. The number of cyclic esters (lactones) is 1. The van der Waals surface area contributed by atoms with Crippen LogP contribution in [-0.2, 0) is 38.9 Å². The number of rotatable bonds is 7. The maximum atomic E-state index is 12.6. The number of esters is 1. The van der Waals surface area contributed by atoms with E-state index in [2.05, 4.69) is 21.3 Å². The zero-order chi connectivity index (χ0) is 25.6. The summed E-state index contributed by atoms with van der Waals surface area (Å²) in [5, 5.41) is 10.1. The summed E-state index contributed by atoms with van der Waals surface area (Å²) in [7, 11) is 0. The Labute approximate surface area is 198 Å². The van der Waals surface area contributed by atoms with Crippen molar-refractivity contribution in [3.05, 3.63) is 23.8 Å². The third-order valence-electron chi connectivity index (χ3n) is 4.96. The second kappa shape index (κ2) is 11.1. The topological polar surface area (TPSA) is 152 Å². The zero-order valence-electron chi connectivity index (χ0n) is 20.2. The smallest absolute Gasteiger partial charge is 0.313 e. The number of hydrogen-bond acceptors (Lipinski definition) is 7. The molecule has 11 nitrogen and oxygen atoms in total. The lowest BCUT2D eigenvalue weighted by Crippen LogP contribution is -2.52. The number of ether oxygens (including phenoxy) is 2. The highest BCUT2D eigenvalue weighted by Gasteiger charge is 2.37. The fraction of sp³-hybridized carbons (Fsp3) is 0.522. The Kier molecular flexibility index (Phi) is 8.74. The molecule has 0 bridgehead atoms. The van der Waals surface area contributed by atoms with Gasteiger partial charge in [0.25, 0.3) is 0 Å². The summed E-state index contributed by atoms with van der Waals surface area (Å²) in [5.41, 5.74) is 1.21. The molecule has 3 atom stereocenters. The van der Waals surface area contributed by atoms with E-state index >= 15 is 0 Å². The van der Waals surface area contributed by atoms with Gasteiger partial charge in [-0.1, -0.05) is 26.8 Å². The Hall–Kier alpha value is -3.47. The predicted molar refractivity (Wildman–Crippen MR) is 124 cm³/mol. The number of carbonyl (C=O) groups excluding carboxylic acids is 5. The summed E-state index contributed by atoms with van der Waals surface area (Å²) in [5.74, 6) is -3.38. The van der Waals surface area contributed by atoms with Crippen LogP contribution in [0.1, 0.15) is 53.5 Å². The summed E-state index contributed by atoms with van der Waals surface area (Å²) in [6.07, 6.45) is -0.961. The first-order chi connectivity index (χ1) is 15.8. The SMILES string of the molecule is CCO[C@H]1OC(=O)C[C@@H]1NC(=O)[C@H](C)NC(=O)C(=O)Nc1cc(NC(C)=O)ccc1C(C)(C)C. The molecule has 1 aliphatic heterocycles.